The maximum Gasteiger partial charge on any atom is 0.339 e. The number of phenols is 1. The van der Waals surface area contributed by atoms with E-state index in [-0.39, 0.29) is 28.3 Å². The molecule has 1 aromatic heterocycles. The molecule has 4 N–H and O–H groups in total. The Morgan fingerprint density at radius 1 is 1.03 bits per heavy atom. The molecule has 2 aromatic carbocycles. The van der Waals surface area contributed by atoms with Gasteiger partial charge in [-0.2, -0.15) is 0 Å². The summed E-state index contributed by atoms with van der Waals surface area (Å²) in [6.45, 7) is 1.91. The van der Waals surface area contributed by atoms with Crippen LogP contribution in [0.5, 0.6) is 5.75 Å². The molecule has 1 fully saturated rings. The van der Waals surface area contributed by atoms with Gasteiger partial charge in [0, 0.05) is 22.9 Å². The number of aromatic carboxylic acids is 1. The molecule has 0 unspecified atom stereocenters. The van der Waals surface area contributed by atoms with Crippen molar-refractivity contribution in [2.75, 3.05) is 18.4 Å². The number of piperidine rings is 1. The average molecular weight is 471 g/mol. The monoisotopic (exact) mass is 470 g/mol. The van der Waals surface area contributed by atoms with Crippen LogP contribution in [0.15, 0.2) is 54.6 Å². The predicted molar refractivity (Wildman–Crippen MR) is 121 cm³/mol. The Morgan fingerprint density at radius 3 is 2.47 bits per heavy atom. The highest BCUT2D eigenvalue weighted by atomic mass is 79.9. The summed E-state index contributed by atoms with van der Waals surface area (Å²) in [6.07, 6.45) is 2.01. The van der Waals surface area contributed by atoms with Gasteiger partial charge in [0.05, 0.1) is 5.69 Å². The zero-order valence-electron chi connectivity index (χ0n) is 16.2. The van der Waals surface area contributed by atoms with Gasteiger partial charge in [-0.15, -0.1) is 17.0 Å². The summed E-state index contributed by atoms with van der Waals surface area (Å²) >= 11 is 0. The molecule has 156 valence electrons. The Hall–Kier alpha value is -2.97. The molecule has 4 rings (SSSR count). The summed E-state index contributed by atoms with van der Waals surface area (Å²) in [6, 6.07) is 16.3. The highest BCUT2D eigenvalue weighted by Gasteiger charge is 2.19. The van der Waals surface area contributed by atoms with Crippen LogP contribution < -0.4 is 10.6 Å². The van der Waals surface area contributed by atoms with Crippen molar-refractivity contribution < 1.29 is 15.0 Å². The minimum absolute atomic E-state index is 0. The highest BCUT2D eigenvalue weighted by molar-refractivity contribution is 8.93. The van der Waals surface area contributed by atoms with Gasteiger partial charge in [0.1, 0.15) is 11.3 Å². The lowest BCUT2D eigenvalue weighted by Gasteiger charge is -2.23. The van der Waals surface area contributed by atoms with E-state index in [2.05, 4.69) is 15.6 Å². The van der Waals surface area contributed by atoms with Gasteiger partial charge in [-0.25, -0.2) is 14.8 Å². The third kappa shape index (κ3) is 4.95. The van der Waals surface area contributed by atoms with Crippen LogP contribution in [-0.2, 0) is 0 Å². The van der Waals surface area contributed by atoms with Gasteiger partial charge in [0.15, 0.2) is 0 Å². The molecular weight excluding hydrogens is 448 g/mol. The minimum atomic E-state index is -1.19. The molecule has 0 radical (unpaired) electrons. The molecule has 0 atom stereocenters. The fourth-order valence-corrected chi connectivity index (χ4v) is 3.52. The molecule has 1 aliphatic rings. The van der Waals surface area contributed by atoms with Gasteiger partial charge in [0.25, 0.3) is 0 Å². The van der Waals surface area contributed by atoms with Crippen molar-refractivity contribution in [3.63, 3.8) is 0 Å². The number of carbonyl (C=O) groups is 1. The largest absolute Gasteiger partial charge is 0.507 e. The first kappa shape index (κ1) is 21.7. The van der Waals surface area contributed by atoms with Crippen molar-refractivity contribution in [3.8, 4) is 17.0 Å². The molecule has 0 saturated carbocycles. The summed E-state index contributed by atoms with van der Waals surface area (Å²) in [5.74, 6) is -0.725. The highest BCUT2D eigenvalue weighted by Crippen LogP contribution is 2.29. The zero-order chi connectivity index (χ0) is 20.2. The molecule has 0 bridgehead atoms. The van der Waals surface area contributed by atoms with Gasteiger partial charge in [0.2, 0.25) is 5.95 Å². The summed E-state index contributed by atoms with van der Waals surface area (Å²) < 4.78 is 0. The third-order valence-electron chi connectivity index (χ3n) is 5.06. The van der Waals surface area contributed by atoms with Crippen LogP contribution in [0.4, 0.5) is 11.6 Å². The molecule has 3 aromatic rings. The zero-order valence-corrected chi connectivity index (χ0v) is 17.9. The molecule has 0 aliphatic carbocycles. The first-order chi connectivity index (χ1) is 14.1. The fraction of sp³-hybridized carbons (Fsp3) is 0.227. The second-order valence-corrected chi connectivity index (χ2v) is 7.05. The van der Waals surface area contributed by atoms with Crippen LogP contribution in [0.3, 0.4) is 0 Å². The normalized spacial score (nSPS) is 14.0. The van der Waals surface area contributed by atoms with Gasteiger partial charge in [-0.1, -0.05) is 30.3 Å². The maximum atomic E-state index is 11.3. The van der Waals surface area contributed by atoms with Gasteiger partial charge < -0.3 is 20.8 Å². The van der Waals surface area contributed by atoms with Crippen LogP contribution in [0.2, 0.25) is 0 Å². The van der Waals surface area contributed by atoms with Crippen LogP contribution in [-0.4, -0.2) is 39.2 Å². The molecule has 0 amide bonds. The number of anilines is 2. The summed E-state index contributed by atoms with van der Waals surface area (Å²) in [4.78, 5) is 20.7. The summed E-state index contributed by atoms with van der Waals surface area (Å²) in [5, 5.41) is 25.4. The van der Waals surface area contributed by atoms with Crippen LogP contribution in [0.1, 0.15) is 34.8 Å². The predicted octanol–water partition coefficient (Wildman–Crippen LogP) is 4.34. The van der Waals surface area contributed by atoms with Gasteiger partial charge in [-0.3, -0.25) is 0 Å². The molecule has 7 nitrogen and oxygen atoms in total. The Labute approximate surface area is 185 Å². The number of hydrogen-bond acceptors (Lipinski definition) is 6. The summed E-state index contributed by atoms with van der Waals surface area (Å²) in [5.41, 5.74) is 3.11. The van der Waals surface area contributed by atoms with Gasteiger partial charge >= 0.3 is 5.97 Å². The molecule has 8 heteroatoms. The number of carboxylic acid groups (broad SMARTS) is 1. The van der Waals surface area contributed by atoms with Crippen molar-refractivity contribution in [2.24, 2.45) is 0 Å². The molecule has 2 heterocycles. The molecule has 1 saturated heterocycles. The first-order valence-electron chi connectivity index (χ1n) is 9.58. The average Bonchev–Trinajstić information content (AvgIpc) is 2.76. The first-order valence-corrected chi connectivity index (χ1v) is 9.58. The Kier molecular flexibility index (Phi) is 7.02. The van der Waals surface area contributed by atoms with Crippen molar-refractivity contribution in [1.29, 1.82) is 0 Å². The van der Waals surface area contributed by atoms with E-state index in [1.807, 2.05) is 36.4 Å². The topological polar surface area (TPSA) is 107 Å². The number of halogens is 1. The van der Waals surface area contributed by atoms with Crippen molar-refractivity contribution >= 4 is 34.6 Å². The van der Waals surface area contributed by atoms with E-state index in [0.717, 1.165) is 42.9 Å². The number of carboxylic acids is 1. The van der Waals surface area contributed by atoms with E-state index in [1.54, 1.807) is 6.07 Å². The number of aromatic hydroxyl groups is 1. The number of nitrogens with zero attached hydrogens (tertiary/aromatic N) is 2. The lowest BCUT2D eigenvalue weighted by Crippen LogP contribution is -2.27. The lowest BCUT2D eigenvalue weighted by molar-refractivity contribution is 0.0694. The van der Waals surface area contributed by atoms with E-state index in [0.29, 0.717) is 17.6 Å². The van der Waals surface area contributed by atoms with Crippen LogP contribution in [0.25, 0.3) is 11.3 Å². The number of hydrogen-bond donors (Lipinski definition) is 4. The molecular formula is C22H23BrN4O3. The second kappa shape index (κ2) is 9.69. The maximum absolute atomic E-state index is 11.3. The Balaban J connectivity index is 0.00000256. The SMILES string of the molecule is Br.O=C(O)c1cc(Nc2nc(-c3ccccc3)cc(C3CCNCC3)n2)ccc1O. The van der Waals surface area contributed by atoms with E-state index >= 15 is 0 Å². The van der Waals surface area contributed by atoms with Crippen LogP contribution >= 0.6 is 17.0 Å². The second-order valence-electron chi connectivity index (χ2n) is 7.05. The van der Waals surface area contributed by atoms with E-state index in [1.165, 1.54) is 12.1 Å². The smallest absolute Gasteiger partial charge is 0.339 e. The third-order valence-corrected chi connectivity index (χ3v) is 5.06. The molecule has 0 spiro atoms. The number of nitrogens with one attached hydrogen (secondary N) is 2. The van der Waals surface area contributed by atoms with E-state index < -0.39 is 5.97 Å². The van der Waals surface area contributed by atoms with Crippen molar-refractivity contribution in [3.05, 3.63) is 65.9 Å². The summed E-state index contributed by atoms with van der Waals surface area (Å²) in [7, 11) is 0. The lowest BCUT2D eigenvalue weighted by atomic mass is 9.93. The molecule has 30 heavy (non-hydrogen) atoms. The Morgan fingerprint density at radius 2 is 1.77 bits per heavy atom. The molecule has 1 aliphatic heterocycles. The number of aromatic nitrogens is 2. The minimum Gasteiger partial charge on any atom is -0.507 e. The number of rotatable bonds is 5. The fourth-order valence-electron chi connectivity index (χ4n) is 3.52. The Bertz CT molecular complexity index is 1020. The van der Waals surface area contributed by atoms with E-state index in [4.69, 9.17) is 4.98 Å². The van der Waals surface area contributed by atoms with Crippen molar-refractivity contribution in [2.45, 2.75) is 18.8 Å². The van der Waals surface area contributed by atoms with Crippen molar-refractivity contribution in [1.82, 2.24) is 15.3 Å². The quantitative estimate of drug-likeness (QED) is 0.410. The standard InChI is InChI=1S/C22H22N4O3.BrH/c27-20-7-6-16(12-17(20)21(28)29)24-22-25-18(14-4-2-1-3-5-14)13-19(26-22)15-8-10-23-11-9-15;/h1-7,12-13,15,23,27H,8-11H2,(H,28,29)(H,24,25,26);1H. The van der Waals surface area contributed by atoms with Crippen LogP contribution in [0, 0.1) is 0 Å². The van der Waals surface area contributed by atoms with Gasteiger partial charge in [-0.05, 0) is 50.2 Å². The van der Waals surface area contributed by atoms with E-state index in [9.17, 15) is 15.0 Å². The number of benzene rings is 2.